The van der Waals surface area contributed by atoms with Crippen molar-refractivity contribution in [3.63, 3.8) is 0 Å². The Kier molecular flexibility index (Phi) is 8.49. The Labute approximate surface area is 251 Å². The van der Waals surface area contributed by atoms with E-state index in [1.165, 1.54) is 66.8 Å². The quantitative estimate of drug-likeness (QED) is 0.272. The standard InChI is InChI=1S/C39H44FNO/c1-26-9-16-35(28(3)23-26)38-8-5-7-31-24-32(36-17-10-27(2)29(36)4)13-18-37(31)39(38)30-11-14-33(15-12-30)42-34-19-22-41(25-34)21-6-20-40/h9,11-16,18,23-24,34H,2,5-8,10,17,19-22,25H2,1,3-4H3. The first kappa shape index (κ1) is 28.7. The van der Waals surface area contributed by atoms with Crippen LogP contribution in [0.25, 0.3) is 16.7 Å². The lowest BCUT2D eigenvalue weighted by Crippen LogP contribution is -2.26. The molecule has 2 aliphatic carbocycles. The van der Waals surface area contributed by atoms with Crippen LogP contribution in [0.3, 0.4) is 0 Å². The van der Waals surface area contributed by atoms with Crippen LogP contribution in [-0.2, 0) is 6.42 Å². The number of hydrogen-bond acceptors (Lipinski definition) is 2. The number of benzene rings is 3. The van der Waals surface area contributed by atoms with E-state index >= 15 is 0 Å². The molecule has 6 rings (SSSR count). The summed E-state index contributed by atoms with van der Waals surface area (Å²) in [6, 6.07) is 22.9. The summed E-state index contributed by atoms with van der Waals surface area (Å²) in [6.45, 7) is 13.4. The first-order chi connectivity index (χ1) is 20.4. The molecule has 1 aliphatic heterocycles. The number of ether oxygens (including phenoxy) is 1. The molecular formula is C39H44FNO. The Hall–Kier alpha value is -3.43. The van der Waals surface area contributed by atoms with E-state index in [1.807, 2.05) is 0 Å². The third-order valence-electron chi connectivity index (χ3n) is 9.55. The van der Waals surface area contributed by atoms with Gasteiger partial charge in [-0.15, -0.1) is 0 Å². The fourth-order valence-electron chi connectivity index (χ4n) is 7.22. The van der Waals surface area contributed by atoms with Gasteiger partial charge in [-0.1, -0.05) is 66.2 Å². The third kappa shape index (κ3) is 5.90. The number of hydrogen-bond donors (Lipinski definition) is 0. The molecular weight excluding hydrogens is 517 g/mol. The van der Waals surface area contributed by atoms with Gasteiger partial charge in [-0.3, -0.25) is 9.29 Å². The molecule has 0 aromatic heterocycles. The Morgan fingerprint density at radius 3 is 2.38 bits per heavy atom. The zero-order valence-corrected chi connectivity index (χ0v) is 25.6. The first-order valence-electron chi connectivity index (χ1n) is 15.8. The molecule has 2 nitrogen and oxygen atoms in total. The average Bonchev–Trinajstić information content (AvgIpc) is 3.52. The number of allylic oxidation sites excluding steroid dienone is 4. The van der Waals surface area contributed by atoms with Crippen molar-refractivity contribution in [2.45, 2.75) is 71.8 Å². The highest BCUT2D eigenvalue weighted by Gasteiger charge is 2.25. The summed E-state index contributed by atoms with van der Waals surface area (Å²) in [4.78, 5) is 2.31. The molecule has 1 atom stereocenters. The maximum absolute atomic E-state index is 12.6. The summed E-state index contributed by atoms with van der Waals surface area (Å²) in [7, 11) is 0. The van der Waals surface area contributed by atoms with Crippen LogP contribution < -0.4 is 4.74 Å². The number of aryl methyl sites for hydroxylation is 3. The van der Waals surface area contributed by atoms with Gasteiger partial charge in [0.15, 0.2) is 0 Å². The Balaban J connectivity index is 1.37. The van der Waals surface area contributed by atoms with Crippen molar-refractivity contribution >= 4 is 16.7 Å². The van der Waals surface area contributed by atoms with Crippen LogP contribution in [0.4, 0.5) is 4.39 Å². The second kappa shape index (κ2) is 12.4. The molecule has 1 heterocycles. The average molecular weight is 562 g/mol. The second-order valence-electron chi connectivity index (χ2n) is 12.5. The largest absolute Gasteiger partial charge is 0.489 e. The van der Waals surface area contributed by atoms with E-state index < -0.39 is 0 Å². The van der Waals surface area contributed by atoms with Crippen LogP contribution in [-0.4, -0.2) is 37.3 Å². The predicted molar refractivity (Wildman–Crippen MR) is 175 cm³/mol. The topological polar surface area (TPSA) is 12.5 Å². The summed E-state index contributed by atoms with van der Waals surface area (Å²) >= 11 is 0. The van der Waals surface area contributed by atoms with Gasteiger partial charge in [-0.05, 0) is 134 Å². The van der Waals surface area contributed by atoms with E-state index in [1.54, 1.807) is 0 Å². The lowest BCUT2D eigenvalue weighted by molar-refractivity contribution is 0.198. The van der Waals surface area contributed by atoms with Crippen LogP contribution in [0.1, 0.15) is 84.4 Å². The fraction of sp³-hybridized carbons (Fsp3) is 0.385. The van der Waals surface area contributed by atoms with Crippen molar-refractivity contribution in [3.8, 4) is 5.75 Å². The summed E-state index contributed by atoms with van der Waals surface area (Å²) < 4.78 is 19.0. The summed E-state index contributed by atoms with van der Waals surface area (Å²) in [5.74, 6) is 0.915. The van der Waals surface area contributed by atoms with Crippen LogP contribution in [0.15, 0.2) is 78.4 Å². The van der Waals surface area contributed by atoms with E-state index in [9.17, 15) is 4.39 Å². The molecule has 3 aliphatic rings. The third-order valence-corrected chi connectivity index (χ3v) is 9.55. The second-order valence-corrected chi connectivity index (χ2v) is 12.5. The van der Waals surface area contributed by atoms with Gasteiger partial charge in [0.05, 0.1) is 6.67 Å². The molecule has 0 saturated carbocycles. The van der Waals surface area contributed by atoms with E-state index in [0.717, 1.165) is 63.9 Å². The molecule has 0 amide bonds. The maximum atomic E-state index is 12.6. The van der Waals surface area contributed by atoms with Crippen LogP contribution in [0.5, 0.6) is 5.75 Å². The van der Waals surface area contributed by atoms with Crippen LogP contribution in [0.2, 0.25) is 0 Å². The van der Waals surface area contributed by atoms with Gasteiger partial charge in [-0.2, -0.15) is 0 Å². The van der Waals surface area contributed by atoms with Gasteiger partial charge in [0, 0.05) is 19.6 Å². The molecule has 0 spiro atoms. The van der Waals surface area contributed by atoms with E-state index in [-0.39, 0.29) is 12.8 Å². The van der Waals surface area contributed by atoms with Gasteiger partial charge in [0.25, 0.3) is 0 Å². The molecule has 0 bridgehead atoms. The van der Waals surface area contributed by atoms with Crippen molar-refractivity contribution in [1.82, 2.24) is 4.90 Å². The lowest BCUT2D eigenvalue weighted by Gasteiger charge is -2.20. The van der Waals surface area contributed by atoms with Crippen molar-refractivity contribution in [3.05, 3.63) is 117 Å². The lowest BCUT2D eigenvalue weighted by atomic mass is 9.85. The van der Waals surface area contributed by atoms with Gasteiger partial charge in [-0.25, -0.2) is 0 Å². The molecule has 3 aromatic carbocycles. The predicted octanol–water partition coefficient (Wildman–Crippen LogP) is 9.54. The summed E-state index contributed by atoms with van der Waals surface area (Å²) in [6.07, 6.45) is 7.20. The van der Waals surface area contributed by atoms with Gasteiger partial charge in [0.1, 0.15) is 11.9 Å². The molecule has 0 N–H and O–H groups in total. The number of rotatable bonds is 8. The zero-order chi connectivity index (χ0) is 29.2. The fourth-order valence-corrected chi connectivity index (χ4v) is 7.22. The van der Waals surface area contributed by atoms with Crippen molar-refractivity contribution in [2.24, 2.45) is 0 Å². The normalized spacial score (nSPS) is 19.4. The minimum Gasteiger partial charge on any atom is -0.489 e. The number of nitrogens with zero attached hydrogens (tertiary/aromatic N) is 1. The smallest absolute Gasteiger partial charge is 0.119 e. The van der Waals surface area contributed by atoms with E-state index in [4.69, 9.17) is 4.74 Å². The minimum atomic E-state index is -0.249. The highest BCUT2D eigenvalue weighted by atomic mass is 19.1. The summed E-state index contributed by atoms with van der Waals surface area (Å²) in [5, 5.41) is 0. The monoisotopic (exact) mass is 561 g/mol. The Morgan fingerprint density at radius 1 is 0.857 bits per heavy atom. The highest BCUT2D eigenvalue weighted by Crippen LogP contribution is 2.43. The Bertz CT molecular complexity index is 1540. The molecule has 3 heteroatoms. The van der Waals surface area contributed by atoms with Gasteiger partial charge in [0.2, 0.25) is 0 Å². The zero-order valence-electron chi connectivity index (χ0n) is 25.6. The molecule has 1 unspecified atom stereocenters. The number of alkyl halides is 1. The minimum absolute atomic E-state index is 0.168. The SMILES string of the molecule is C=C1CCC(c2ccc3c(c2)CCCC(c2ccc(C)cc2C)=C3c2ccc(OC3CCN(CCCF)C3)cc2)=C1C. The van der Waals surface area contributed by atoms with Gasteiger partial charge >= 0.3 is 0 Å². The van der Waals surface area contributed by atoms with Crippen molar-refractivity contribution in [1.29, 1.82) is 0 Å². The molecule has 0 radical (unpaired) electrons. The Morgan fingerprint density at radius 2 is 1.64 bits per heavy atom. The van der Waals surface area contributed by atoms with Crippen LogP contribution >= 0.6 is 0 Å². The first-order valence-corrected chi connectivity index (χ1v) is 15.8. The number of likely N-dealkylation sites (tertiary alicyclic amines) is 1. The van der Waals surface area contributed by atoms with Crippen molar-refractivity contribution < 1.29 is 9.13 Å². The molecule has 218 valence electrons. The number of halogens is 1. The molecule has 42 heavy (non-hydrogen) atoms. The molecule has 1 fully saturated rings. The van der Waals surface area contributed by atoms with E-state index in [2.05, 4.69) is 92.9 Å². The number of fused-ring (bicyclic) bond motifs is 1. The van der Waals surface area contributed by atoms with E-state index in [0.29, 0.717) is 6.42 Å². The van der Waals surface area contributed by atoms with Gasteiger partial charge < -0.3 is 4.74 Å². The highest BCUT2D eigenvalue weighted by molar-refractivity contribution is 6.00. The maximum Gasteiger partial charge on any atom is 0.119 e. The molecule has 1 saturated heterocycles. The van der Waals surface area contributed by atoms with Crippen molar-refractivity contribution in [2.75, 3.05) is 26.3 Å². The molecule has 3 aromatic rings. The van der Waals surface area contributed by atoms with Crippen LogP contribution in [0, 0.1) is 13.8 Å². The summed E-state index contributed by atoms with van der Waals surface area (Å²) in [5.41, 5.74) is 16.3.